The minimum atomic E-state index is -5.14. The van der Waals surface area contributed by atoms with Gasteiger partial charge in [-0.25, -0.2) is 4.68 Å². The van der Waals surface area contributed by atoms with E-state index >= 15 is 0 Å². The summed E-state index contributed by atoms with van der Waals surface area (Å²) in [5.41, 5.74) is 2.11. The molecule has 2 aromatic carbocycles. The van der Waals surface area contributed by atoms with Crippen LogP contribution < -0.4 is 10.1 Å². The monoisotopic (exact) mass is 740 g/mol. The molecule has 5 atom stereocenters. The molecule has 5 rings (SSSR count). The van der Waals surface area contributed by atoms with Crippen LogP contribution >= 0.6 is 0 Å². The average molecular weight is 741 g/mol. The minimum absolute atomic E-state index is 0.0442. The van der Waals surface area contributed by atoms with E-state index in [2.05, 4.69) is 16.9 Å². The fourth-order valence-corrected chi connectivity index (χ4v) is 6.35. The zero-order valence-corrected chi connectivity index (χ0v) is 28.9. The van der Waals surface area contributed by atoms with Gasteiger partial charge in [-0.15, -0.1) is 11.7 Å². The minimum Gasteiger partial charge on any atom is -0.491 e. The predicted molar refractivity (Wildman–Crippen MR) is 173 cm³/mol. The third kappa shape index (κ3) is 10.1. The highest BCUT2D eigenvalue weighted by molar-refractivity contribution is 7.86. The van der Waals surface area contributed by atoms with Crippen LogP contribution in [-0.4, -0.2) is 105 Å². The molecule has 2 aliphatic rings. The Morgan fingerprint density at radius 3 is 2.53 bits per heavy atom. The maximum atomic E-state index is 13.2. The van der Waals surface area contributed by atoms with E-state index in [0.29, 0.717) is 17.0 Å². The van der Waals surface area contributed by atoms with Gasteiger partial charge in [-0.3, -0.25) is 8.98 Å². The number of halogens is 3. The SMILES string of the molecule is C=CCO[C@H]1O[C@H](Cn2cc(-c3cccc(OCCOCCOS(=O)(=O)c4ccc(C)cc4)c3)nn2)[C@@H]2OC(C)(C)O[C@@H]2[C@H]1NC(=O)C(F)(F)F. The van der Waals surface area contributed by atoms with E-state index in [1.165, 1.54) is 22.9 Å². The van der Waals surface area contributed by atoms with Crippen molar-refractivity contribution in [3.05, 3.63) is 72.9 Å². The van der Waals surface area contributed by atoms with Crippen LogP contribution in [0.15, 0.2) is 72.3 Å². The van der Waals surface area contributed by atoms with Gasteiger partial charge in [-0.2, -0.15) is 21.6 Å². The Balaban J connectivity index is 1.15. The van der Waals surface area contributed by atoms with E-state index in [1.807, 2.05) is 12.2 Å². The molecule has 0 saturated carbocycles. The molecule has 1 N–H and O–H groups in total. The van der Waals surface area contributed by atoms with Gasteiger partial charge in [0.2, 0.25) is 0 Å². The molecule has 0 aliphatic carbocycles. The molecule has 0 radical (unpaired) electrons. The summed E-state index contributed by atoms with van der Waals surface area (Å²) in [7, 11) is -3.88. The van der Waals surface area contributed by atoms with Crippen LogP contribution in [0.2, 0.25) is 0 Å². The largest absolute Gasteiger partial charge is 0.491 e. The lowest BCUT2D eigenvalue weighted by molar-refractivity contribution is -0.246. The third-order valence-corrected chi connectivity index (χ3v) is 9.05. The van der Waals surface area contributed by atoms with Crippen molar-refractivity contribution in [1.29, 1.82) is 0 Å². The quantitative estimate of drug-likeness (QED) is 0.130. The van der Waals surface area contributed by atoms with Crippen LogP contribution in [0.4, 0.5) is 13.2 Å². The Hall–Kier alpha value is -3.91. The van der Waals surface area contributed by atoms with Gasteiger partial charge in [0.05, 0.1) is 44.1 Å². The van der Waals surface area contributed by atoms with Gasteiger partial charge in [0.25, 0.3) is 10.1 Å². The van der Waals surface area contributed by atoms with E-state index in [0.717, 1.165) is 5.56 Å². The number of benzene rings is 2. The van der Waals surface area contributed by atoms with Crippen molar-refractivity contribution in [2.24, 2.45) is 0 Å². The molecule has 2 fully saturated rings. The fraction of sp³-hybridized carbons (Fsp3) is 0.485. The number of aryl methyl sites for hydroxylation is 1. The van der Waals surface area contributed by atoms with Gasteiger partial charge in [-0.05, 0) is 45.0 Å². The van der Waals surface area contributed by atoms with Gasteiger partial charge < -0.3 is 33.7 Å². The smallest absolute Gasteiger partial charge is 0.471 e. The van der Waals surface area contributed by atoms with E-state index in [4.69, 9.17) is 32.6 Å². The second-order valence-electron chi connectivity index (χ2n) is 12.1. The number of carbonyl (C=O) groups excluding carboxylic acids is 1. The van der Waals surface area contributed by atoms with Crippen molar-refractivity contribution in [1.82, 2.24) is 20.3 Å². The first-order valence-corrected chi connectivity index (χ1v) is 17.3. The number of rotatable bonds is 16. The Bertz CT molecular complexity index is 1750. The van der Waals surface area contributed by atoms with Gasteiger partial charge >= 0.3 is 12.1 Å². The summed E-state index contributed by atoms with van der Waals surface area (Å²) in [6.45, 7) is 8.89. The van der Waals surface area contributed by atoms with Gasteiger partial charge in [0.15, 0.2) is 12.1 Å². The number of alkyl halides is 3. The summed E-state index contributed by atoms with van der Waals surface area (Å²) in [6, 6.07) is 12.1. The molecule has 1 amide bonds. The number of fused-ring (bicyclic) bond motifs is 1. The highest BCUT2D eigenvalue weighted by atomic mass is 32.2. The number of carbonyl (C=O) groups is 1. The van der Waals surface area contributed by atoms with E-state index < -0.39 is 58.6 Å². The molecule has 14 nitrogen and oxygen atoms in total. The number of ether oxygens (including phenoxy) is 6. The first-order valence-electron chi connectivity index (χ1n) is 15.9. The molecule has 51 heavy (non-hydrogen) atoms. The molecule has 278 valence electrons. The topological polar surface area (TPSA) is 159 Å². The molecule has 3 heterocycles. The lowest BCUT2D eigenvalue weighted by Crippen LogP contribution is -2.65. The molecule has 1 aromatic heterocycles. The molecule has 2 aliphatic heterocycles. The molecule has 3 aromatic rings. The predicted octanol–water partition coefficient (Wildman–Crippen LogP) is 3.55. The van der Waals surface area contributed by atoms with E-state index in [-0.39, 0.29) is 44.5 Å². The van der Waals surface area contributed by atoms with Crippen molar-refractivity contribution in [2.75, 3.05) is 33.0 Å². The van der Waals surface area contributed by atoms with Crippen molar-refractivity contribution < 1.29 is 59.0 Å². The van der Waals surface area contributed by atoms with Crippen LogP contribution in [0.5, 0.6) is 5.75 Å². The highest BCUT2D eigenvalue weighted by Crippen LogP contribution is 2.39. The molecular formula is C33H39F3N4O10S. The number of aromatic nitrogens is 3. The molecule has 2 saturated heterocycles. The normalized spacial score (nSPS) is 23.1. The van der Waals surface area contributed by atoms with Crippen molar-refractivity contribution in [3.8, 4) is 17.0 Å². The van der Waals surface area contributed by atoms with Gasteiger partial charge in [0.1, 0.15) is 42.4 Å². The number of amides is 1. The maximum absolute atomic E-state index is 13.2. The number of hydrogen-bond acceptors (Lipinski definition) is 12. The summed E-state index contributed by atoms with van der Waals surface area (Å²) >= 11 is 0. The Kier molecular flexibility index (Phi) is 12.2. The van der Waals surface area contributed by atoms with Crippen LogP contribution in [0.1, 0.15) is 19.4 Å². The van der Waals surface area contributed by atoms with Gasteiger partial charge in [0, 0.05) is 5.56 Å². The number of nitrogens with zero attached hydrogens (tertiary/aromatic N) is 3. The molecule has 0 spiro atoms. The lowest BCUT2D eigenvalue weighted by atomic mass is 9.96. The summed E-state index contributed by atoms with van der Waals surface area (Å²) in [5, 5.41) is 10.4. The van der Waals surface area contributed by atoms with E-state index in [9.17, 15) is 26.4 Å². The van der Waals surface area contributed by atoms with Crippen molar-refractivity contribution in [3.63, 3.8) is 0 Å². The zero-order chi connectivity index (χ0) is 36.8. The molecule has 0 bridgehead atoms. The zero-order valence-electron chi connectivity index (χ0n) is 28.1. The van der Waals surface area contributed by atoms with Crippen LogP contribution in [0, 0.1) is 6.92 Å². The summed E-state index contributed by atoms with van der Waals surface area (Å²) in [4.78, 5) is 12.0. The Morgan fingerprint density at radius 2 is 1.80 bits per heavy atom. The maximum Gasteiger partial charge on any atom is 0.471 e. The van der Waals surface area contributed by atoms with Crippen LogP contribution in [0.3, 0.4) is 0 Å². The van der Waals surface area contributed by atoms with Crippen molar-refractivity contribution >= 4 is 16.0 Å². The standard InChI is InChI=1S/C33H39F3N4O10S/c1-5-13-46-30-27(37-31(41)33(34,35)36)29-28(49-32(3,4)50-29)26(48-30)20-40-19-25(38-39-40)22-7-6-8-23(18-22)45-16-14-44-15-17-47-51(42,43)24-11-9-21(2)10-12-24/h5-12,18-19,26-30H,1,13-17,20H2,2-4H3,(H,37,41)/t26-,27-,28+,29-,30+/m1/s1. The number of nitrogens with one attached hydrogen (secondary N) is 1. The Labute approximate surface area is 292 Å². The lowest BCUT2D eigenvalue weighted by Gasteiger charge is -2.42. The second kappa shape index (κ2) is 16.2. The summed E-state index contributed by atoms with van der Waals surface area (Å²) < 4.78 is 105. The van der Waals surface area contributed by atoms with E-state index in [1.54, 1.807) is 56.4 Å². The third-order valence-electron chi connectivity index (χ3n) is 7.73. The highest BCUT2D eigenvalue weighted by Gasteiger charge is 2.57. The average Bonchev–Trinajstić information content (AvgIpc) is 3.68. The van der Waals surface area contributed by atoms with Crippen LogP contribution in [-0.2, 0) is 49.3 Å². The second-order valence-corrected chi connectivity index (χ2v) is 13.7. The summed E-state index contributed by atoms with van der Waals surface area (Å²) in [5.74, 6) is -2.83. The van der Waals surface area contributed by atoms with Gasteiger partial charge in [-0.1, -0.05) is 41.1 Å². The fourth-order valence-electron chi connectivity index (χ4n) is 5.45. The Morgan fingerprint density at radius 1 is 1.08 bits per heavy atom. The molecular weight excluding hydrogens is 701 g/mol. The number of hydrogen-bond donors (Lipinski definition) is 1. The first-order chi connectivity index (χ1) is 24.1. The first kappa shape index (κ1) is 38.3. The van der Waals surface area contributed by atoms with Crippen molar-refractivity contribution in [2.45, 2.75) is 74.8 Å². The van der Waals surface area contributed by atoms with Crippen LogP contribution in [0.25, 0.3) is 11.3 Å². The summed E-state index contributed by atoms with van der Waals surface area (Å²) in [6.07, 6.45) is -6.15. The molecule has 18 heteroatoms. The molecule has 0 unspecified atom stereocenters.